The molecule has 2 aliphatic carbocycles. The number of hydrogen-bond donors (Lipinski definition) is 0. The highest BCUT2D eigenvalue weighted by atomic mass is 16.5. The Balaban J connectivity index is 2.05. The minimum atomic E-state index is 0.420. The molecule has 0 aromatic heterocycles. The van der Waals surface area contributed by atoms with Crippen LogP contribution in [0.4, 0.5) is 0 Å². The molecule has 2 aliphatic rings. The molecule has 2 heteroatoms. The standard InChI is InChI=1S/C19H26O2/c1-19(2)11-5-6-14-12-15-13(7-9-16(14)19)8-10-17(20-3)18(15)21-4/h6,8,10,16H,5,7,9,11-12H2,1-4H3. The summed E-state index contributed by atoms with van der Waals surface area (Å²) in [5.41, 5.74) is 4.79. The molecule has 0 heterocycles. The van der Waals surface area contributed by atoms with Gasteiger partial charge in [0.15, 0.2) is 11.5 Å². The third-order valence-corrected chi connectivity index (χ3v) is 5.41. The van der Waals surface area contributed by atoms with Gasteiger partial charge in [0.2, 0.25) is 0 Å². The molecule has 21 heavy (non-hydrogen) atoms. The number of methoxy groups -OCH3 is 2. The van der Waals surface area contributed by atoms with E-state index in [0.29, 0.717) is 11.3 Å². The fourth-order valence-corrected chi connectivity index (χ4v) is 4.18. The van der Waals surface area contributed by atoms with Gasteiger partial charge in [-0.05, 0) is 55.1 Å². The Bertz CT molecular complexity index is 569. The van der Waals surface area contributed by atoms with E-state index >= 15 is 0 Å². The van der Waals surface area contributed by atoms with Crippen LogP contribution in [0.1, 0.15) is 44.2 Å². The van der Waals surface area contributed by atoms with E-state index in [0.717, 1.165) is 24.3 Å². The summed E-state index contributed by atoms with van der Waals surface area (Å²) in [4.78, 5) is 0. The van der Waals surface area contributed by atoms with Crippen molar-refractivity contribution in [3.05, 3.63) is 34.9 Å². The van der Waals surface area contributed by atoms with Crippen LogP contribution in [-0.4, -0.2) is 14.2 Å². The second-order valence-electron chi connectivity index (χ2n) is 7.01. The van der Waals surface area contributed by atoms with Gasteiger partial charge in [-0.3, -0.25) is 0 Å². The van der Waals surface area contributed by atoms with E-state index in [2.05, 4.69) is 26.0 Å². The molecule has 0 N–H and O–H groups in total. The van der Waals surface area contributed by atoms with Gasteiger partial charge in [-0.2, -0.15) is 0 Å². The van der Waals surface area contributed by atoms with E-state index in [1.54, 1.807) is 19.8 Å². The summed E-state index contributed by atoms with van der Waals surface area (Å²) in [7, 11) is 3.46. The van der Waals surface area contributed by atoms with Crippen LogP contribution in [0.2, 0.25) is 0 Å². The van der Waals surface area contributed by atoms with Crippen LogP contribution in [0.3, 0.4) is 0 Å². The SMILES string of the molecule is COc1ccc2c(c1OC)CC1=CCCC(C)(C)C1CC2. The Hall–Kier alpha value is -1.44. The van der Waals surface area contributed by atoms with Crippen LogP contribution in [0, 0.1) is 11.3 Å². The number of fused-ring (bicyclic) bond motifs is 2. The average Bonchev–Trinajstić information content (AvgIpc) is 2.65. The number of benzene rings is 1. The molecule has 3 rings (SSSR count). The van der Waals surface area contributed by atoms with Crippen LogP contribution >= 0.6 is 0 Å². The van der Waals surface area contributed by atoms with Crippen LogP contribution < -0.4 is 9.47 Å². The van der Waals surface area contributed by atoms with Crippen molar-refractivity contribution in [2.24, 2.45) is 11.3 Å². The number of allylic oxidation sites excluding steroid dienone is 2. The molecule has 0 bridgehead atoms. The van der Waals surface area contributed by atoms with Crippen LogP contribution in [0.15, 0.2) is 23.8 Å². The van der Waals surface area contributed by atoms with Gasteiger partial charge in [-0.25, -0.2) is 0 Å². The van der Waals surface area contributed by atoms with Crippen molar-refractivity contribution < 1.29 is 9.47 Å². The first kappa shape index (κ1) is 14.5. The number of hydrogen-bond acceptors (Lipinski definition) is 2. The molecule has 1 aromatic carbocycles. The zero-order valence-electron chi connectivity index (χ0n) is 13.7. The quantitative estimate of drug-likeness (QED) is 0.742. The van der Waals surface area contributed by atoms with E-state index in [-0.39, 0.29) is 0 Å². The third kappa shape index (κ3) is 2.45. The van der Waals surface area contributed by atoms with Gasteiger partial charge < -0.3 is 9.47 Å². The maximum Gasteiger partial charge on any atom is 0.164 e. The predicted molar refractivity (Wildman–Crippen MR) is 86.2 cm³/mol. The van der Waals surface area contributed by atoms with Gasteiger partial charge in [-0.15, -0.1) is 0 Å². The zero-order chi connectivity index (χ0) is 15.0. The summed E-state index contributed by atoms with van der Waals surface area (Å²) < 4.78 is 11.1. The Morgan fingerprint density at radius 3 is 2.67 bits per heavy atom. The molecular weight excluding hydrogens is 260 g/mol. The van der Waals surface area contributed by atoms with Crippen LogP contribution in [0.5, 0.6) is 11.5 Å². The monoisotopic (exact) mass is 286 g/mol. The Kier molecular flexibility index (Phi) is 3.73. The molecule has 114 valence electrons. The highest BCUT2D eigenvalue weighted by Gasteiger charge is 2.36. The highest BCUT2D eigenvalue weighted by Crippen LogP contribution is 2.48. The fraction of sp³-hybridized carbons (Fsp3) is 0.579. The van der Waals surface area contributed by atoms with E-state index in [9.17, 15) is 0 Å². The molecule has 0 radical (unpaired) electrons. The Morgan fingerprint density at radius 1 is 1.14 bits per heavy atom. The molecule has 1 atom stereocenters. The van der Waals surface area contributed by atoms with Crippen molar-refractivity contribution in [3.63, 3.8) is 0 Å². The lowest BCUT2D eigenvalue weighted by molar-refractivity contribution is 0.203. The molecule has 0 saturated carbocycles. The minimum Gasteiger partial charge on any atom is -0.493 e. The minimum absolute atomic E-state index is 0.420. The second-order valence-corrected chi connectivity index (χ2v) is 7.01. The lowest BCUT2D eigenvalue weighted by Crippen LogP contribution is -2.29. The zero-order valence-corrected chi connectivity index (χ0v) is 13.7. The van der Waals surface area contributed by atoms with Crippen molar-refractivity contribution in [2.45, 2.75) is 46.0 Å². The second kappa shape index (κ2) is 5.40. The summed E-state index contributed by atoms with van der Waals surface area (Å²) in [5, 5.41) is 0. The lowest BCUT2D eigenvalue weighted by Gasteiger charge is -2.39. The number of rotatable bonds is 2. The lowest BCUT2D eigenvalue weighted by atomic mass is 9.66. The van der Waals surface area contributed by atoms with Crippen LogP contribution in [0.25, 0.3) is 0 Å². The van der Waals surface area contributed by atoms with Crippen LogP contribution in [-0.2, 0) is 12.8 Å². The topological polar surface area (TPSA) is 18.5 Å². The third-order valence-electron chi connectivity index (χ3n) is 5.41. The maximum atomic E-state index is 5.67. The molecule has 2 nitrogen and oxygen atoms in total. The fourth-order valence-electron chi connectivity index (χ4n) is 4.18. The van der Waals surface area contributed by atoms with E-state index in [1.165, 1.54) is 30.4 Å². The smallest absolute Gasteiger partial charge is 0.164 e. The van der Waals surface area contributed by atoms with Crippen molar-refractivity contribution >= 4 is 0 Å². The molecule has 0 saturated heterocycles. The molecule has 0 amide bonds. The van der Waals surface area contributed by atoms with E-state index < -0.39 is 0 Å². The molecular formula is C19H26O2. The molecule has 1 aromatic rings. The van der Waals surface area contributed by atoms with Gasteiger partial charge in [0.1, 0.15) is 0 Å². The van der Waals surface area contributed by atoms with E-state index in [4.69, 9.17) is 9.47 Å². The van der Waals surface area contributed by atoms with Crippen molar-refractivity contribution in [2.75, 3.05) is 14.2 Å². The normalized spacial score (nSPS) is 23.4. The summed E-state index contributed by atoms with van der Waals surface area (Å²) in [5.74, 6) is 2.49. The summed E-state index contributed by atoms with van der Waals surface area (Å²) in [6.07, 6.45) is 8.40. The first-order valence-corrected chi connectivity index (χ1v) is 7.98. The molecule has 0 aliphatic heterocycles. The van der Waals surface area contributed by atoms with Gasteiger partial charge in [-0.1, -0.05) is 31.6 Å². The molecule has 0 spiro atoms. The first-order chi connectivity index (χ1) is 10.1. The van der Waals surface area contributed by atoms with Crippen molar-refractivity contribution in [3.8, 4) is 11.5 Å². The summed E-state index contributed by atoms with van der Waals surface area (Å²) >= 11 is 0. The number of ether oxygens (including phenoxy) is 2. The van der Waals surface area contributed by atoms with Crippen molar-refractivity contribution in [1.82, 2.24) is 0 Å². The largest absolute Gasteiger partial charge is 0.493 e. The average molecular weight is 286 g/mol. The van der Waals surface area contributed by atoms with E-state index in [1.807, 2.05) is 6.07 Å². The Morgan fingerprint density at radius 2 is 1.95 bits per heavy atom. The number of aryl methyl sites for hydroxylation is 1. The Labute approximate surface area is 128 Å². The molecule has 1 unspecified atom stereocenters. The highest BCUT2D eigenvalue weighted by molar-refractivity contribution is 5.53. The van der Waals surface area contributed by atoms with Gasteiger partial charge in [0.25, 0.3) is 0 Å². The van der Waals surface area contributed by atoms with Gasteiger partial charge in [0.05, 0.1) is 14.2 Å². The predicted octanol–water partition coefficient (Wildman–Crippen LogP) is 4.56. The maximum absolute atomic E-state index is 5.67. The summed E-state index contributed by atoms with van der Waals surface area (Å²) in [6.45, 7) is 4.86. The summed E-state index contributed by atoms with van der Waals surface area (Å²) in [6, 6.07) is 4.27. The van der Waals surface area contributed by atoms with Gasteiger partial charge in [0, 0.05) is 5.56 Å². The molecule has 0 fully saturated rings. The van der Waals surface area contributed by atoms with Gasteiger partial charge >= 0.3 is 0 Å². The van der Waals surface area contributed by atoms with Crippen molar-refractivity contribution in [1.29, 1.82) is 0 Å². The first-order valence-electron chi connectivity index (χ1n) is 7.98.